The van der Waals surface area contributed by atoms with Crippen molar-refractivity contribution in [1.29, 1.82) is 0 Å². The van der Waals surface area contributed by atoms with Gasteiger partial charge in [-0.05, 0) is 37.1 Å². The minimum absolute atomic E-state index is 0.127. The fraction of sp³-hybridized carbons (Fsp3) is 0.478. The van der Waals surface area contributed by atoms with Gasteiger partial charge < -0.3 is 19.1 Å². The second-order valence-corrected chi connectivity index (χ2v) is 8.37. The van der Waals surface area contributed by atoms with Gasteiger partial charge in [0.05, 0.1) is 42.7 Å². The SMILES string of the molecule is COCC(COC)n1ncc2c(N3CC4CCC(C3)O4)nc(-c3ccc(N=C=O)cc3)nc21. The third-order valence-corrected chi connectivity index (χ3v) is 6.14. The second-order valence-electron chi connectivity index (χ2n) is 8.37. The Morgan fingerprint density at radius 1 is 1.12 bits per heavy atom. The molecule has 172 valence electrons. The predicted molar refractivity (Wildman–Crippen MR) is 121 cm³/mol. The second kappa shape index (κ2) is 9.36. The smallest absolute Gasteiger partial charge is 0.240 e. The zero-order chi connectivity index (χ0) is 22.8. The maximum absolute atomic E-state index is 10.6. The summed E-state index contributed by atoms with van der Waals surface area (Å²) in [6, 6.07) is 7.08. The van der Waals surface area contributed by atoms with Crippen molar-refractivity contribution in [2.75, 3.05) is 45.4 Å². The normalized spacial score (nSPS) is 19.9. The van der Waals surface area contributed by atoms with Gasteiger partial charge in [-0.3, -0.25) is 0 Å². The van der Waals surface area contributed by atoms with Crippen molar-refractivity contribution in [3.8, 4) is 11.4 Å². The number of benzene rings is 1. The highest BCUT2D eigenvalue weighted by atomic mass is 16.5. The summed E-state index contributed by atoms with van der Waals surface area (Å²) in [5.41, 5.74) is 2.08. The van der Waals surface area contributed by atoms with E-state index in [2.05, 4.69) is 15.0 Å². The van der Waals surface area contributed by atoms with Gasteiger partial charge in [-0.25, -0.2) is 19.4 Å². The van der Waals surface area contributed by atoms with E-state index in [1.165, 1.54) is 0 Å². The lowest BCUT2D eigenvalue weighted by Gasteiger charge is -2.33. The van der Waals surface area contributed by atoms with Gasteiger partial charge in [-0.15, -0.1) is 0 Å². The Hall–Kier alpha value is -3.17. The average Bonchev–Trinajstić information content (AvgIpc) is 3.41. The molecule has 2 aromatic heterocycles. The molecule has 0 saturated carbocycles. The standard InChI is InChI=1S/C23H26N6O4/c1-31-12-17(13-32-2)29-23-20(9-25-29)22(28-10-18-7-8-19(11-28)33-18)26-21(27-23)15-3-5-16(6-4-15)24-14-30/h3-6,9,17-19H,7-8,10-13H2,1-2H3. The third-order valence-electron chi connectivity index (χ3n) is 6.14. The number of methoxy groups -OCH3 is 2. The quantitative estimate of drug-likeness (QED) is 0.381. The van der Waals surface area contributed by atoms with Crippen LogP contribution in [-0.2, 0) is 19.0 Å². The molecule has 2 bridgehead atoms. The fourth-order valence-electron chi connectivity index (χ4n) is 4.65. The number of morpholine rings is 1. The fourth-order valence-corrected chi connectivity index (χ4v) is 4.65. The molecular weight excluding hydrogens is 424 g/mol. The van der Waals surface area contributed by atoms with Crippen molar-refractivity contribution >= 4 is 28.6 Å². The maximum atomic E-state index is 10.6. The highest BCUT2D eigenvalue weighted by Crippen LogP contribution is 2.34. The van der Waals surface area contributed by atoms with Crippen LogP contribution in [0.5, 0.6) is 0 Å². The minimum atomic E-state index is -0.127. The first-order chi connectivity index (χ1) is 16.2. The van der Waals surface area contributed by atoms with Crippen LogP contribution in [0.3, 0.4) is 0 Å². The summed E-state index contributed by atoms with van der Waals surface area (Å²) >= 11 is 0. The van der Waals surface area contributed by atoms with Crippen LogP contribution in [0.4, 0.5) is 11.5 Å². The lowest BCUT2D eigenvalue weighted by Crippen LogP contribution is -2.43. The summed E-state index contributed by atoms with van der Waals surface area (Å²) in [4.78, 5) is 26.4. The summed E-state index contributed by atoms with van der Waals surface area (Å²) in [6.07, 6.45) is 5.99. The van der Waals surface area contributed by atoms with E-state index in [9.17, 15) is 4.79 Å². The lowest BCUT2D eigenvalue weighted by atomic mass is 10.2. The first-order valence-electron chi connectivity index (χ1n) is 11.0. The molecule has 33 heavy (non-hydrogen) atoms. The predicted octanol–water partition coefficient (Wildman–Crippen LogP) is 2.66. The Kier molecular flexibility index (Phi) is 6.15. The van der Waals surface area contributed by atoms with Gasteiger partial charge in [0, 0.05) is 32.9 Å². The maximum Gasteiger partial charge on any atom is 0.240 e. The number of aromatic nitrogens is 4. The number of nitrogens with zero attached hydrogens (tertiary/aromatic N) is 6. The molecule has 4 heterocycles. The number of hydrogen-bond donors (Lipinski definition) is 0. The van der Waals surface area contributed by atoms with E-state index in [-0.39, 0.29) is 18.2 Å². The highest BCUT2D eigenvalue weighted by molar-refractivity contribution is 5.89. The summed E-state index contributed by atoms with van der Waals surface area (Å²) in [5.74, 6) is 1.43. The van der Waals surface area contributed by atoms with Crippen LogP contribution in [0.25, 0.3) is 22.4 Å². The van der Waals surface area contributed by atoms with E-state index >= 15 is 0 Å². The molecule has 0 amide bonds. The van der Waals surface area contributed by atoms with Crippen molar-refractivity contribution in [3.63, 3.8) is 0 Å². The lowest BCUT2D eigenvalue weighted by molar-refractivity contribution is 0.0303. The number of ether oxygens (including phenoxy) is 3. The molecule has 3 aromatic rings. The molecule has 0 aliphatic carbocycles. The van der Waals surface area contributed by atoms with Crippen LogP contribution < -0.4 is 4.90 Å². The molecule has 0 N–H and O–H groups in total. The zero-order valence-corrected chi connectivity index (χ0v) is 18.7. The van der Waals surface area contributed by atoms with Crippen LogP contribution in [0.1, 0.15) is 18.9 Å². The van der Waals surface area contributed by atoms with Gasteiger partial charge in [-0.2, -0.15) is 10.1 Å². The zero-order valence-electron chi connectivity index (χ0n) is 18.7. The molecule has 2 fully saturated rings. The molecular formula is C23H26N6O4. The number of hydrogen-bond acceptors (Lipinski definition) is 9. The van der Waals surface area contributed by atoms with Gasteiger partial charge in [0.25, 0.3) is 0 Å². The molecule has 10 heteroatoms. The van der Waals surface area contributed by atoms with Crippen molar-refractivity contribution < 1.29 is 19.0 Å². The number of fused-ring (bicyclic) bond motifs is 3. The van der Waals surface area contributed by atoms with Gasteiger partial charge in [0.1, 0.15) is 11.9 Å². The largest absolute Gasteiger partial charge is 0.382 e. The van der Waals surface area contributed by atoms with Crippen molar-refractivity contribution in [2.45, 2.75) is 31.1 Å². The number of isocyanates is 1. The van der Waals surface area contributed by atoms with Gasteiger partial charge >= 0.3 is 0 Å². The Morgan fingerprint density at radius 2 is 1.82 bits per heavy atom. The van der Waals surface area contributed by atoms with Crippen LogP contribution in [0.15, 0.2) is 35.5 Å². The monoisotopic (exact) mass is 450 g/mol. The summed E-state index contributed by atoms with van der Waals surface area (Å²) in [6.45, 7) is 2.47. The highest BCUT2D eigenvalue weighted by Gasteiger charge is 2.35. The molecule has 5 rings (SSSR count). The Bertz CT molecular complexity index is 1160. The number of rotatable bonds is 8. The molecule has 0 radical (unpaired) electrons. The van der Waals surface area contributed by atoms with Crippen molar-refractivity contribution in [3.05, 3.63) is 30.5 Å². The number of carbonyl (C=O) groups excluding carboxylic acids is 1. The van der Waals surface area contributed by atoms with E-state index in [4.69, 9.17) is 24.2 Å². The van der Waals surface area contributed by atoms with Crippen molar-refractivity contribution in [1.82, 2.24) is 19.7 Å². The topological polar surface area (TPSA) is 104 Å². The molecule has 2 saturated heterocycles. The Balaban J connectivity index is 1.63. The van der Waals surface area contributed by atoms with Gasteiger partial charge in [0.15, 0.2) is 11.5 Å². The van der Waals surface area contributed by atoms with Crippen LogP contribution in [-0.4, -0.2) is 78.6 Å². The van der Waals surface area contributed by atoms with E-state index < -0.39 is 0 Å². The van der Waals surface area contributed by atoms with E-state index in [1.807, 2.05) is 23.0 Å². The molecule has 0 spiro atoms. The molecule has 2 atom stereocenters. The first kappa shape index (κ1) is 21.7. The van der Waals surface area contributed by atoms with E-state index in [0.29, 0.717) is 24.7 Å². The van der Waals surface area contributed by atoms with Crippen LogP contribution in [0, 0.1) is 0 Å². The molecule has 2 aliphatic heterocycles. The third kappa shape index (κ3) is 4.26. The summed E-state index contributed by atoms with van der Waals surface area (Å²) in [7, 11) is 3.32. The number of anilines is 1. The molecule has 2 unspecified atom stereocenters. The summed E-state index contributed by atoms with van der Waals surface area (Å²) in [5, 5.41) is 5.54. The Labute approximate surface area is 191 Å². The van der Waals surface area contributed by atoms with Crippen LogP contribution >= 0.6 is 0 Å². The summed E-state index contributed by atoms with van der Waals surface area (Å²) < 4.78 is 18.7. The Morgan fingerprint density at radius 3 is 2.45 bits per heavy atom. The molecule has 1 aromatic carbocycles. The minimum Gasteiger partial charge on any atom is -0.382 e. The number of aliphatic imine (C=N–C) groups is 1. The van der Waals surface area contributed by atoms with Gasteiger partial charge in [0.2, 0.25) is 6.08 Å². The average molecular weight is 450 g/mol. The van der Waals surface area contributed by atoms with Gasteiger partial charge in [-0.1, -0.05) is 0 Å². The van der Waals surface area contributed by atoms with Crippen LogP contribution in [0.2, 0.25) is 0 Å². The van der Waals surface area contributed by atoms with Crippen molar-refractivity contribution in [2.24, 2.45) is 4.99 Å². The molecule has 2 aliphatic rings. The van der Waals surface area contributed by atoms with E-state index in [0.717, 1.165) is 48.3 Å². The van der Waals surface area contributed by atoms with E-state index in [1.54, 1.807) is 32.4 Å². The first-order valence-corrected chi connectivity index (χ1v) is 11.0. The molecule has 10 nitrogen and oxygen atoms in total.